The van der Waals surface area contributed by atoms with E-state index in [9.17, 15) is 4.79 Å². The molecule has 2 aromatic heterocycles. The maximum Gasteiger partial charge on any atom is 0.257 e. The van der Waals surface area contributed by atoms with E-state index in [1.54, 1.807) is 0 Å². The third kappa shape index (κ3) is 3.63. The van der Waals surface area contributed by atoms with Crippen LogP contribution in [0.3, 0.4) is 0 Å². The van der Waals surface area contributed by atoms with Crippen LogP contribution in [0.4, 0.5) is 0 Å². The van der Waals surface area contributed by atoms with Crippen molar-refractivity contribution in [3.05, 3.63) is 66.6 Å². The molecule has 0 unspecified atom stereocenters. The van der Waals surface area contributed by atoms with Gasteiger partial charge in [-0.15, -0.1) is 0 Å². The van der Waals surface area contributed by atoms with Crippen LogP contribution < -0.4 is 10.1 Å². The number of imidazole rings is 1. The molecule has 0 aliphatic carbocycles. The number of hydrogen-bond donors (Lipinski definition) is 1. The summed E-state index contributed by atoms with van der Waals surface area (Å²) < 4.78 is 7.35. The number of amides is 1. The van der Waals surface area contributed by atoms with Crippen molar-refractivity contribution in [2.75, 3.05) is 13.2 Å². The van der Waals surface area contributed by atoms with Gasteiger partial charge >= 0.3 is 0 Å². The van der Waals surface area contributed by atoms with Gasteiger partial charge in [-0.05, 0) is 24.3 Å². The Hall–Kier alpha value is -2.82. The van der Waals surface area contributed by atoms with Gasteiger partial charge in [0.15, 0.2) is 6.61 Å². The van der Waals surface area contributed by atoms with E-state index in [-0.39, 0.29) is 12.5 Å². The van der Waals surface area contributed by atoms with Crippen LogP contribution in [0.2, 0.25) is 0 Å². The van der Waals surface area contributed by atoms with Crippen LogP contribution in [-0.4, -0.2) is 28.4 Å². The SMILES string of the molecule is O=C(COc1ccccc1)NCCc1cn2ccccc2n1. The Balaban J connectivity index is 1.43. The number of nitrogens with one attached hydrogen (secondary N) is 1. The molecule has 0 saturated carbocycles. The Kier molecular flexibility index (Phi) is 4.34. The maximum atomic E-state index is 11.7. The molecule has 5 nitrogen and oxygen atoms in total. The minimum Gasteiger partial charge on any atom is -0.484 e. The summed E-state index contributed by atoms with van der Waals surface area (Å²) in [6, 6.07) is 15.2. The zero-order chi connectivity index (χ0) is 15.2. The molecule has 0 saturated heterocycles. The molecule has 22 heavy (non-hydrogen) atoms. The summed E-state index contributed by atoms with van der Waals surface area (Å²) >= 11 is 0. The number of para-hydroxylation sites is 1. The van der Waals surface area contributed by atoms with Gasteiger partial charge < -0.3 is 14.5 Å². The lowest BCUT2D eigenvalue weighted by Gasteiger charge is -2.06. The number of pyridine rings is 1. The lowest BCUT2D eigenvalue weighted by atomic mass is 10.3. The van der Waals surface area contributed by atoms with Gasteiger partial charge in [-0.3, -0.25) is 4.79 Å². The van der Waals surface area contributed by atoms with E-state index >= 15 is 0 Å². The van der Waals surface area contributed by atoms with Crippen molar-refractivity contribution in [1.29, 1.82) is 0 Å². The van der Waals surface area contributed by atoms with E-state index in [4.69, 9.17) is 4.74 Å². The number of rotatable bonds is 6. The number of benzene rings is 1. The minimum absolute atomic E-state index is 0.0230. The Bertz CT molecular complexity index is 720. The maximum absolute atomic E-state index is 11.7. The largest absolute Gasteiger partial charge is 0.484 e. The Morgan fingerprint density at radius 2 is 1.95 bits per heavy atom. The van der Waals surface area contributed by atoms with Gasteiger partial charge in [0.25, 0.3) is 5.91 Å². The zero-order valence-electron chi connectivity index (χ0n) is 12.1. The number of fused-ring (bicyclic) bond motifs is 1. The average molecular weight is 295 g/mol. The first-order valence-electron chi connectivity index (χ1n) is 7.18. The minimum atomic E-state index is -0.132. The van der Waals surface area contributed by atoms with E-state index in [0.29, 0.717) is 18.7 Å². The van der Waals surface area contributed by atoms with Crippen molar-refractivity contribution < 1.29 is 9.53 Å². The van der Waals surface area contributed by atoms with Crippen molar-refractivity contribution in [3.8, 4) is 5.75 Å². The summed E-state index contributed by atoms with van der Waals surface area (Å²) in [5, 5.41) is 2.83. The van der Waals surface area contributed by atoms with Crippen molar-refractivity contribution in [2.45, 2.75) is 6.42 Å². The van der Waals surface area contributed by atoms with E-state index in [2.05, 4.69) is 10.3 Å². The van der Waals surface area contributed by atoms with Crippen molar-refractivity contribution in [3.63, 3.8) is 0 Å². The molecule has 0 spiro atoms. The summed E-state index contributed by atoms with van der Waals surface area (Å²) in [6.07, 6.45) is 4.62. The topological polar surface area (TPSA) is 55.6 Å². The molecule has 0 aliphatic heterocycles. The monoisotopic (exact) mass is 295 g/mol. The van der Waals surface area contributed by atoms with E-state index in [1.165, 1.54) is 0 Å². The van der Waals surface area contributed by atoms with E-state index in [0.717, 1.165) is 11.3 Å². The van der Waals surface area contributed by atoms with Crippen LogP contribution in [0, 0.1) is 0 Å². The highest BCUT2D eigenvalue weighted by molar-refractivity contribution is 5.77. The standard InChI is InChI=1S/C17H17N3O2/c21-17(13-22-15-6-2-1-3-7-15)18-10-9-14-12-20-11-5-4-8-16(20)19-14/h1-8,11-12H,9-10,13H2,(H,18,21). The molecule has 5 heteroatoms. The number of aromatic nitrogens is 2. The second-order valence-corrected chi connectivity index (χ2v) is 4.90. The lowest BCUT2D eigenvalue weighted by molar-refractivity contribution is -0.123. The first-order valence-corrected chi connectivity index (χ1v) is 7.18. The summed E-state index contributed by atoms with van der Waals surface area (Å²) in [6.45, 7) is 0.566. The number of ether oxygens (including phenoxy) is 1. The van der Waals surface area contributed by atoms with Gasteiger partial charge in [-0.2, -0.15) is 0 Å². The summed E-state index contributed by atoms with van der Waals surface area (Å²) in [7, 11) is 0. The fourth-order valence-electron chi connectivity index (χ4n) is 2.15. The van der Waals surface area contributed by atoms with Crippen molar-refractivity contribution in [1.82, 2.24) is 14.7 Å². The van der Waals surface area contributed by atoms with Crippen molar-refractivity contribution in [2.24, 2.45) is 0 Å². The predicted molar refractivity (Wildman–Crippen MR) is 83.8 cm³/mol. The first-order chi connectivity index (χ1) is 10.8. The van der Waals surface area contributed by atoms with Gasteiger partial charge in [0.2, 0.25) is 0 Å². The molecule has 3 aromatic rings. The van der Waals surface area contributed by atoms with Gasteiger partial charge in [0.1, 0.15) is 11.4 Å². The number of carbonyl (C=O) groups excluding carboxylic acids is 1. The molecular weight excluding hydrogens is 278 g/mol. The Morgan fingerprint density at radius 1 is 1.14 bits per heavy atom. The lowest BCUT2D eigenvalue weighted by Crippen LogP contribution is -2.30. The fraction of sp³-hybridized carbons (Fsp3) is 0.176. The molecule has 0 radical (unpaired) electrons. The molecule has 0 aliphatic rings. The molecule has 1 aromatic carbocycles. The highest BCUT2D eigenvalue weighted by Gasteiger charge is 2.04. The summed E-state index contributed by atoms with van der Waals surface area (Å²) in [5.74, 6) is 0.561. The first kappa shape index (κ1) is 14.1. The van der Waals surface area contributed by atoms with E-state index < -0.39 is 0 Å². The van der Waals surface area contributed by atoms with Crippen LogP contribution in [0.1, 0.15) is 5.69 Å². The summed E-state index contributed by atoms with van der Waals surface area (Å²) in [4.78, 5) is 16.2. The molecule has 0 bridgehead atoms. The smallest absolute Gasteiger partial charge is 0.257 e. The van der Waals surface area contributed by atoms with Gasteiger partial charge in [-0.1, -0.05) is 24.3 Å². The summed E-state index contributed by atoms with van der Waals surface area (Å²) in [5.41, 5.74) is 1.87. The van der Waals surface area contributed by atoms with E-state index in [1.807, 2.05) is 65.3 Å². The molecule has 0 fully saturated rings. The molecular formula is C17H17N3O2. The molecule has 2 heterocycles. The van der Waals surface area contributed by atoms with Crippen LogP contribution in [0.25, 0.3) is 5.65 Å². The normalized spacial score (nSPS) is 10.5. The second kappa shape index (κ2) is 6.76. The van der Waals surface area contributed by atoms with Crippen LogP contribution >= 0.6 is 0 Å². The second-order valence-electron chi connectivity index (χ2n) is 4.90. The third-order valence-corrected chi connectivity index (χ3v) is 3.23. The van der Waals surface area contributed by atoms with Crippen LogP contribution in [-0.2, 0) is 11.2 Å². The van der Waals surface area contributed by atoms with Crippen LogP contribution in [0.15, 0.2) is 60.9 Å². The number of nitrogens with zero attached hydrogens (tertiary/aromatic N) is 2. The number of hydrogen-bond acceptors (Lipinski definition) is 3. The highest BCUT2D eigenvalue weighted by atomic mass is 16.5. The number of carbonyl (C=O) groups is 1. The Labute approximate surface area is 128 Å². The Morgan fingerprint density at radius 3 is 2.77 bits per heavy atom. The molecule has 3 rings (SSSR count). The quantitative estimate of drug-likeness (QED) is 0.757. The highest BCUT2D eigenvalue weighted by Crippen LogP contribution is 2.07. The molecule has 112 valence electrons. The molecule has 1 N–H and O–H groups in total. The predicted octanol–water partition coefficient (Wildman–Crippen LogP) is 2.07. The molecule has 1 amide bonds. The molecule has 0 atom stereocenters. The average Bonchev–Trinajstić information content (AvgIpc) is 2.96. The van der Waals surface area contributed by atoms with Crippen molar-refractivity contribution >= 4 is 11.6 Å². The van der Waals surface area contributed by atoms with Gasteiger partial charge in [-0.25, -0.2) is 4.98 Å². The zero-order valence-corrected chi connectivity index (χ0v) is 12.1. The van der Waals surface area contributed by atoms with Gasteiger partial charge in [0.05, 0.1) is 5.69 Å². The van der Waals surface area contributed by atoms with Crippen LogP contribution in [0.5, 0.6) is 5.75 Å². The van der Waals surface area contributed by atoms with Gasteiger partial charge in [0, 0.05) is 25.4 Å². The third-order valence-electron chi connectivity index (χ3n) is 3.23. The fourth-order valence-corrected chi connectivity index (χ4v) is 2.15.